The van der Waals surface area contributed by atoms with Crippen molar-refractivity contribution in [1.82, 2.24) is 15.1 Å². The number of benzene rings is 1. The lowest BCUT2D eigenvalue weighted by molar-refractivity contribution is -0.135. The molecule has 0 bridgehead atoms. The molecule has 2 unspecified atom stereocenters. The van der Waals surface area contributed by atoms with E-state index in [0.29, 0.717) is 25.1 Å². The predicted octanol–water partition coefficient (Wildman–Crippen LogP) is 2.69. The van der Waals surface area contributed by atoms with Crippen LogP contribution in [0.15, 0.2) is 24.3 Å². The Morgan fingerprint density at radius 1 is 1.09 bits per heavy atom. The van der Waals surface area contributed by atoms with E-state index in [1.54, 1.807) is 4.90 Å². The molecule has 2 aliphatic carbocycles. The van der Waals surface area contributed by atoms with Crippen molar-refractivity contribution in [2.24, 2.45) is 17.6 Å². The molecule has 3 amide bonds. The van der Waals surface area contributed by atoms with Gasteiger partial charge in [0.15, 0.2) is 0 Å². The average Bonchev–Trinajstić information content (AvgIpc) is 3.56. The molecule has 4 rings (SSSR count). The van der Waals surface area contributed by atoms with Gasteiger partial charge in [-0.2, -0.15) is 0 Å². The van der Waals surface area contributed by atoms with E-state index in [1.165, 1.54) is 24.3 Å². The summed E-state index contributed by atoms with van der Waals surface area (Å²) in [5.74, 6) is -0.421. The minimum atomic E-state index is -0.667. The van der Waals surface area contributed by atoms with Crippen molar-refractivity contribution in [2.75, 3.05) is 13.1 Å². The van der Waals surface area contributed by atoms with E-state index >= 15 is 0 Å². The molecule has 34 heavy (non-hydrogen) atoms. The number of hydrogen-bond acceptors (Lipinski definition) is 4. The Morgan fingerprint density at radius 3 is 2.32 bits per heavy atom. The number of hydrogen-bond donors (Lipinski definition) is 2. The summed E-state index contributed by atoms with van der Waals surface area (Å²) in [4.78, 5) is 43.4. The maximum absolute atomic E-state index is 13.4. The Bertz CT molecular complexity index is 894. The van der Waals surface area contributed by atoms with Gasteiger partial charge >= 0.3 is 0 Å². The zero-order valence-electron chi connectivity index (χ0n) is 20.2. The van der Waals surface area contributed by atoms with Gasteiger partial charge in [-0.15, -0.1) is 0 Å². The SMILES string of the molecule is CC(C)CN(C(=O)C1CC1)C1CC(C(=O)NC2CCC(N)CC2)N(C(=O)c2ccc(F)cc2)C1. The van der Waals surface area contributed by atoms with Gasteiger partial charge in [-0.25, -0.2) is 4.39 Å². The van der Waals surface area contributed by atoms with E-state index in [0.717, 1.165) is 38.5 Å². The van der Waals surface area contributed by atoms with E-state index in [-0.39, 0.29) is 47.7 Å². The minimum absolute atomic E-state index is 0.0500. The molecular weight excluding hydrogens is 435 g/mol. The van der Waals surface area contributed by atoms with Crippen molar-refractivity contribution in [3.63, 3.8) is 0 Å². The van der Waals surface area contributed by atoms with Crippen LogP contribution in [-0.2, 0) is 9.59 Å². The summed E-state index contributed by atoms with van der Waals surface area (Å²) >= 11 is 0. The standard InChI is InChI=1S/C26H37FN4O3/c1-16(2)14-30(25(33)17-3-4-17)22-13-23(24(32)29-21-11-9-20(28)10-12-21)31(15-22)26(34)18-5-7-19(27)8-6-18/h5-8,16-17,20-23H,3-4,9-15,28H2,1-2H3,(H,29,32). The lowest BCUT2D eigenvalue weighted by atomic mass is 9.91. The molecule has 2 saturated carbocycles. The molecule has 2 atom stereocenters. The highest BCUT2D eigenvalue weighted by atomic mass is 19.1. The smallest absolute Gasteiger partial charge is 0.254 e. The zero-order chi connectivity index (χ0) is 24.4. The van der Waals surface area contributed by atoms with E-state index in [9.17, 15) is 18.8 Å². The first kappa shape index (κ1) is 24.6. The quantitative estimate of drug-likeness (QED) is 0.638. The molecular formula is C26H37FN4O3. The second kappa shape index (κ2) is 10.4. The molecule has 1 saturated heterocycles. The van der Waals surface area contributed by atoms with Gasteiger partial charge in [0.1, 0.15) is 11.9 Å². The number of halogens is 1. The number of carbonyl (C=O) groups excluding carboxylic acids is 3. The molecule has 1 aliphatic heterocycles. The van der Waals surface area contributed by atoms with Crippen LogP contribution in [0.5, 0.6) is 0 Å². The Balaban J connectivity index is 1.55. The number of rotatable bonds is 7. The van der Waals surface area contributed by atoms with Crippen LogP contribution in [0.3, 0.4) is 0 Å². The molecule has 1 aromatic carbocycles. The third-order valence-corrected chi connectivity index (χ3v) is 7.26. The summed E-state index contributed by atoms with van der Waals surface area (Å²) in [5, 5.41) is 3.14. The van der Waals surface area contributed by atoms with Crippen molar-refractivity contribution >= 4 is 17.7 Å². The Kier molecular flexibility index (Phi) is 7.55. The first-order chi connectivity index (χ1) is 16.2. The van der Waals surface area contributed by atoms with Crippen LogP contribution in [0.1, 0.15) is 69.2 Å². The van der Waals surface area contributed by atoms with Crippen LogP contribution < -0.4 is 11.1 Å². The fraction of sp³-hybridized carbons (Fsp3) is 0.654. The van der Waals surface area contributed by atoms with E-state index in [2.05, 4.69) is 19.2 Å². The second-order valence-corrected chi connectivity index (χ2v) is 10.6. The number of likely N-dealkylation sites (tertiary alicyclic amines) is 1. The number of nitrogens with one attached hydrogen (secondary N) is 1. The molecule has 8 heteroatoms. The molecule has 0 aromatic heterocycles. The summed E-state index contributed by atoms with van der Waals surface area (Å²) < 4.78 is 13.4. The largest absolute Gasteiger partial charge is 0.352 e. The van der Waals surface area contributed by atoms with Crippen LogP contribution >= 0.6 is 0 Å². The van der Waals surface area contributed by atoms with E-state index < -0.39 is 11.9 Å². The average molecular weight is 473 g/mol. The monoisotopic (exact) mass is 472 g/mol. The lowest BCUT2D eigenvalue weighted by Gasteiger charge is -2.31. The Hall–Kier alpha value is -2.48. The molecule has 186 valence electrons. The summed E-state index contributed by atoms with van der Waals surface area (Å²) in [6.07, 6.45) is 5.63. The van der Waals surface area contributed by atoms with E-state index in [1.807, 2.05) is 4.90 Å². The molecule has 0 radical (unpaired) electrons. The first-order valence-corrected chi connectivity index (χ1v) is 12.7. The fourth-order valence-electron chi connectivity index (χ4n) is 5.21. The predicted molar refractivity (Wildman–Crippen MR) is 127 cm³/mol. The topological polar surface area (TPSA) is 95.7 Å². The fourth-order valence-corrected chi connectivity index (χ4v) is 5.21. The highest BCUT2D eigenvalue weighted by Gasteiger charge is 2.45. The van der Waals surface area contributed by atoms with Gasteiger partial charge in [-0.1, -0.05) is 13.8 Å². The van der Waals surface area contributed by atoms with Gasteiger partial charge in [-0.3, -0.25) is 14.4 Å². The van der Waals surface area contributed by atoms with Crippen molar-refractivity contribution in [1.29, 1.82) is 0 Å². The normalized spacial score (nSPS) is 27.0. The third-order valence-electron chi connectivity index (χ3n) is 7.26. The maximum Gasteiger partial charge on any atom is 0.254 e. The van der Waals surface area contributed by atoms with Gasteiger partial charge in [-0.05, 0) is 75.1 Å². The van der Waals surface area contributed by atoms with Crippen molar-refractivity contribution < 1.29 is 18.8 Å². The van der Waals surface area contributed by atoms with Crippen LogP contribution in [0.25, 0.3) is 0 Å². The number of nitrogens with two attached hydrogens (primary N) is 1. The van der Waals surface area contributed by atoms with Gasteiger partial charge < -0.3 is 20.9 Å². The summed E-state index contributed by atoms with van der Waals surface area (Å²) in [7, 11) is 0. The molecule has 3 N–H and O–H groups in total. The number of nitrogens with zero attached hydrogens (tertiary/aromatic N) is 2. The highest BCUT2D eigenvalue weighted by Crippen LogP contribution is 2.34. The Labute approximate surface area is 201 Å². The summed E-state index contributed by atoms with van der Waals surface area (Å²) in [5.41, 5.74) is 6.35. The van der Waals surface area contributed by atoms with Gasteiger partial charge in [0.25, 0.3) is 5.91 Å². The second-order valence-electron chi connectivity index (χ2n) is 10.6. The van der Waals surface area contributed by atoms with Crippen molar-refractivity contribution in [3.05, 3.63) is 35.6 Å². The highest BCUT2D eigenvalue weighted by molar-refractivity contribution is 5.98. The summed E-state index contributed by atoms with van der Waals surface area (Å²) in [6, 6.07) is 4.75. The molecule has 1 aromatic rings. The zero-order valence-corrected chi connectivity index (χ0v) is 20.2. The van der Waals surface area contributed by atoms with Crippen molar-refractivity contribution in [2.45, 2.75) is 83.0 Å². The lowest BCUT2D eigenvalue weighted by Crippen LogP contribution is -2.50. The maximum atomic E-state index is 13.4. The van der Waals surface area contributed by atoms with Gasteiger partial charge in [0.2, 0.25) is 11.8 Å². The molecule has 3 fully saturated rings. The van der Waals surface area contributed by atoms with E-state index in [4.69, 9.17) is 5.73 Å². The first-order valence-electron chi connectivity index (χ1n) is 12.7. The van der Waals surface area contributed by atoms with Crippen LogP contribution in [-0.4, -0.2) is 64.8 Å². The van der Waals surface area contributed by atoms with Crippen molar-refractivity contribution in [3.8, 4) is 0 Å². The third kappa shape index (κ3) is 5.77. The Morgan fingerprint density at radius 2 is 1.74 bits per heavy atom. The van der Waals surface area contributed by atoms with Crippen LogP contribution in [0, 0.1) is 17.7 Å². The van der Waals surface area contributed by atoms with Gasteiger partial charge in [0.05, 0.1) is 6.04 Å². The van der Waals surface area contributed by atoms with Crippen LogP contribution in [0.2, 0.25) is 0 Å². The molecule has 0 spiro atoms. The molecule has 7 nitrogen and oxygen atoms in total. The minimum Gasteiger partial charge on any atom is -0.352 e. The number of carbonyl (C=O) groups is 3. The summed E-state index contributed by atoms with van der Waals surface area (Å²) in [6.45, 7) is 5.05. The van der Waals surface area contributed by atoms with Gasteiger partial charge in [0, 0.05) is 36.7 Å². The number of amides is 3. The molecule has 3 aliphatic rings. The van der Waals surface area contributed by atoms with Crippen LogP contribution in [0.4, 0.5) is 4.39 Å². The molecule has 1 heterocycles.